The first-order valence-electron chi connectivity index (χ1n) is 2.69. The quantitative estimate of drug-likeness (QED) is 0.492. The van der Waals surface area contributed by atoms with E-state index in [-0.39, 0.29) is 5.54 Å². The molecule has 0 aromatic rings. The summed E-state index contributed by atoms with van der Waals surface area (Å²) >= 11 is 0. The highest BCUT2D eigenvalue weighted by Gasteiger charge is 2.11. The maximum absolute atomic E-state index is 3.87. The van der Waals surface area contributed by atoms with E-state index in [4.69, 9.17) is 0 Å². The van der Waals surface area contributed by atoms with Crippen LogP contribution < -0.4 is 5.43 Å². The second kappa shape index (κ2) is 1.62. The Labute approximate surface area is 49.3 Å². The lowest BCUT2D eigenvalue weighted by Crippen LogP contribution is -2.34. The van der Waals surface area contributed by atoms with Crippen molar-refractivity contribution in [2.45, 2.75) is 19.4 Å². The van der Waals surface area contributed by atoms with Crippen LogP contribution in [0.3, 0.4) is 0 Å². The monoisotopic (exact) mass is 110 g/mol. The summed E-state index contributed by atoms with van der Waals surface area (Å²) in [6, 6.07) is 0. The third-order valence-electron chi connectivity index (χ3n) is 1.03. The molecule has 0 amide bonds. The van der Waals surface area contributed by atoms with Gasteiger partial charge >= 0.3 is 0 Å². The highest BCUT2D eigenvalue weighted by molar-refractivity contribution is 5.72. The van der Waals surface area contributed by atoms with E-state index in [2.05, 4.69) is 30.5 Å². The molecule has 0 saturated heterocycles. The molecule has 1 heterocycles. The molecule has 1 aliphatic heterocycles. The van der Waals surface area contributed by atoms with E-state index < -0.39 is 0 Å². The molecule has 0 radical (unpaired) electrons. The van der Waals surface area contributed by atoms with Crippen LogP contribution in [0, 0.1) is 0 Å². The van der Waals surface area contributed by atoms with Crippen LogP contribution in [0.25, 0.3) is 0 Å². The van der Waals surface area contributed by atoms with Crippen LogP contribution in [-0.4, -0.2) is 11.8 Å². The van der Waals surface area contributed by atoms with E-state index in [1.807, 2.05) is 6.08 Å². The van der Waals surface area contributed by atoms with Crippen molar-refractivity contribution in [2.75, 3.05) is 0 Å². The normalized spacial score (nSPS) is 22.8. The van der Waals surface area contributed by atoms with E-state index in [1.165, 1.54) is 0 Å². The Kier molecular flexibility index (Phi) is 1.08. The Morgan fingerprint density at radius 1 is 1.50 bits per heavy atom. The van der Waals surface area contributed by atoms with Gasteiger partial charge in [0.05, 0.1) is 5.54 Å². The van der Waals surface area contributed by atoms with E-state index in [9.17, 15) is 0 Å². The zero-order valence-electron chi connectivity index (χ0n) is 5.18. The molecule has 0 unspecified atom stereocenters. The van der Waals surface area contributed by atoms with Crippen molar-refractivity contribution >= 4 is 6.21 Å². The third kappa shape index (κ3) is 1.09. The van der Waals surface area contributed by atoms with Gasteiger partial charge in [0.15, 0.2) is 0 Å². The lowest BCUT2D eigenvalue weighted by atomic mass is 10.1. The first-order valence-corrected chi connectivity index (χ1v) is 2.69. The second-order valence-corrected chi connectivity index (χ2v) is 2.47. The van der Waals surface area contributed by atoms with Crippen molar-refractivity contribution in [1.82, 2.24) is 5.43 Å². The molecule has 0 saturated carbocycles. The summed E-state index contributed by atoms with van der Waals surface area (Å²) in [5, 5.41) is 3.87. The first kappa shape index (κ1) is 5.35. The van der Waals surface area contributed by atoms with E-state index in [0.29, 0.717) is 0 Å². The summed E-state index contributed by atoms with van der Waals surface area (Å²) in [4.78, 5) is 0. The van der Waals surface area contributed by atoms with Gasteiger partial charge in [-0.05, 0) is 19.9 Å². The number of hydrogen-bond donors (Lipinski definition) is 1. The van der Waals surface area contributed by atoms with Crippen molar-refractivity contribution in [3.05, 3.63) is 12.2 Å². The van der Waals surface area contributed by atoms with Crippen LogP contribution in [-0.2, 0) is 0 Å². The van der Waals surface area contributed by atoms with Gasteiger partial charge in [-0.15, -0.1) is 0 Å². The molecule has 8 heavy (non-hydrogen) atoms. The fraction of sp³-hybridized carbons (Fsp3) is 0.500. The van der Waals surface area contributed by atoms with Crippen LogP contribution >= 0.6 is 0 Å². The molecule has 1 N–H and O–H groups in total. The molecule has 0 fully saturated rings. The Balaban J connectivity index is 2.65. The molecule has 0 bridgehead atoms. The van der Waals surface area contributed by atoms with Crippen LogP contribution in [0.1, 0.15) is 13.8 Å². The predicted octanol–water partition coefficient (Wildman–Crippen LogP) is 0.910. The zero-order chi connectivity index (χ0) is 6.04. The fourth-order valence-corrected chi connectivity index (χ4v) is 0.568. The average Bonchev–Trinajstić information content (AvgIpc) is 1.65. The molecule has 0 aromatic carbocycles. The van der Waals surface area contributed by atoms with Crippen LogP contribution in [0.2, 0.25) is 0 Å². The largest absolute Gasteiger partial charge is 0.301 e. The van der Waals surface area contributed by atoms with Gasteiger partial charge in [0.1, 0.15) is 0 Å². The van der Waals surface area contributed by atoms with Crippen molar-refractivity contribution in [1.29, 1.82) is 0 Å². The molecule has 0 aliphatic carbocycles. The van der Waals surface area contributed by atoms with Crippen LogP contribution in [0.5, 0.6) is 0 Å². The molecule has 2 nitrogen and oxygen atoms in total. The molecular formula is C6H10N2. The Hall–Kier alpha value is -0.790. The Morgan fingerprint density at radius 3 is 2.50 bits per heavy atom. The predicted molar refractivity (Wildman–Crippen MR) is 34.8 cm³/mol. The van der Waals surface area contributed by atoms with Crippen molar-refractivity contribution in [3.8, 4) is 0 Å². The molecule has 44 valence electrons. The summed E-state index contributed by atoms with van der Waals surface area (Å²) in [5.41, 5.74) is 2.99. The van der Waals surface area contributed by atoms with Gasteiger partial charge in [-0.1, -0.05) is 6.08 Å². The molecular weight excluding hydrogens is 100 g/mol. The summed E-state index contributed by atoms with van der Waals surface area (Å²) in [5.74, 6) is 0. The standard InChI is InChI=1S/C6H10N2/c1-6(2)4-3-5-7-8-6/h3-5,8H,1-2H3. The SMILES string of the molecule is CC1(C)C=CC=NN1. The van der Waals surface area contributed by atoms with Gasteiger partial charge in [-0.3, -0.25) is 0 Å². The van der Waals surface area contributed by atoms with E-state index in [1.54, 1.807) is 6.21 Å². The number of hydrazone groups is 1. The number of allylic oxidation sites excluding steroid dienone is 1. The topological polar surface area (TPSA) is 24.4 Å². The molecule has 1 aliphatic rings. The lowest BCUT2D eigenvalue weighted by molar-refractivity contribution is 0.491. The Morgan fingerprint density at radius 2 is 2.25 bits per heavy atom. The number of nitrogens with one attached hydrogen (secondary N) is 1. The van der Waals surface area contributed by atoms with Gasteiger partial charge in [0.2, 0.25) is 0 Å². The molecule has 1 rings (SSSR count). The van der Waals surface area contributed by atoms with Gasteiger partial charge in [-0.2, -0.15) is 5.10 Å². The maximum atomic E-state index is 3.87. The first-order chi connectivity index (χ1) is 3.71. The highest BCUT2D eigenvalue weighted by atomic mass is 15.3. The summed E-state index contributed by atoms with van der Waals surface area (Å²) < 4.78 is 0. The highest BCUT2D eigenvalue weighted by Crippen LogP contribution is 2.04. The van der Waals surface area contributed by atoms with E-state index in [0.717, 1.165) is 0 Å². The van der Waals surface area contributed by atoms with Crippen molar-refractivity contribution in [3.63, 3.8) is 0 Å². The Bertz CT molecular complexity index is 133. The molecule has 0 spiro atoms. The molecule has 0 aromatic heterocycles. The third-order valence-corrected chi connectivity index (χ3v) is 1.03. The number of hydrogen-bond acceptors (Lipinski definition) is 2. The number of nitrogens with zero attached hydrogens (tertiary/aromatic N) is 1. The molecule has 0 atom stereocenters. The van der Waals surface area contributed by atoms with Gasteiger partial charge in [-0.25, -0.2) is 0 Å². The number of rotatable bonds is 0. The fourth-order valence-electron chi connectivity index (χ4n) is 0.568. The summed E-state index contributed by atoms with van der Waals surface area (Å²) in [6.07, 6.45) is 5.75. The lowest BCUT2D eigenvalue weighted by Gasteiger charge is -2.21. The van der Waals surface area contributed by atoms with Crippen LogP contribution in [0.15, 0.2) is 17.3 Å². The smallest absolute Gasteiger partial charge is 0.0675 e. The van der Waals surface area contributed by atoms with E-state index >= 15 is 0 Å². The zero-order valence-corrected chi connectivity index (χ0v) is 5.18. The van der Waals surface area contributed by atoms with Crippen LogP contribution in [0.4, 0.5) is 0 Å². The van der Waals surface area contributed by atoms with Crippen molar-refractivity contribution < 1.29 is 0 Å². The maximum Gasteiger partial charge on any atom is 0.0675 e. The van der Waals surface area contributed by atoms with Gasteiger partial charge < -0.3 is 5.43 Å². The minimum absolute atomic E-state index is 0.0503. The minimum Gasteiger partial charge on any atom is -0.301 e. The van der Waals surface area contributed by atoms with Gasteiger partial charge in [0, 0.05) is 6.21 Å². The van der Waals surface area contributed by atoms with Gasteiger partial charge in [0.25, 0.3) is 0 Å². The average molecular weight is 110 g/mol. The minimum atomic E-state index is 0.0503. The second-order valence-electron chi connectivity index (χ2n) is 2.47. The molecule has 2 heteroatoms. The van der Waals surface area contributed by atoms with Crippen molar-refractivity contribution in [2.24, 2.45) is 5.10 Å². The summed E-state index contributed by atoms with van der Waals surface area (Å²) in [7, 11) is 0. The summed E-state index contributed by atoms with van der Waals surface area (Å²) in [6.45, 7) is 4.14.